The van der Waals surface area contributed by atoms with Crippen molar-refractivity contribution in [2.24, 2.45) is 16.8 Å². The second-order valence-electron chi connectivity index (χ2n) is 17.3. The van der Waals surface area contributed by atoms with Crippen LogP contribution in [0.3, 0.4) is 0 Å². The molecular formula is C46H56N8O8S. The lowest BCUT2D eigenvalue weighted by Crippen LogP contribution is -2.56. The number of benzene rings is 3. The molecule has 1 aromatic heterocycles. The fourth-order valence-electron chi connectivity index (χ4n) is 9.50. The van der Waals surface area contributed by atoms with E-state index in [2.05, 4.69) is 81.6 Å². The van der Waals surface area contributed by atoms with E-state index in [9.17, 15) is 27.6 Å². The lowest BCUT2D eigenvalue weighted by Gasteiger charge is -2.34. The van der Waals surface area contributed by atoms with E-state index in [1.807, 2.05) is 24.9 Å². The molecule has 3 aromatic carbocycles. The zero-order chi connectivity index (χ0) is 44.4. The van der Waals surface area contributed by atoms with Gasteiger partial charge < -0.3 is 40.2 Å². The third-order valence-corrected chi connectivity index (χ3v) is 14.8. The molecule has 0 bridgehead atoms. The summed E-state index contributed by atoms with van der Waals surface area (Å²) in [5, 5.41) is 11.2. The van der Waals surface area contributed by atoms with Crippen LogP contribution in [0.25, 0.3) is 33.2 Å². The second kappa shape index (κ2) is 18.4. The number of hydrogen-bond acceptors (Lipinski definition) is 11. The fourth-order valence-corrected chi connectivity index (χ4v) is 11.0. The lowest BCUT2D eigenvalue weighted by atomic mass is 9.92. The first-order chi connectivity index (χ1) is 30.3. The number of hydrogen-bond donors (Lipinski definition) is 4. The Bertz CT molecular complexity index is 2490. The van der Waals surface area contributed by atoms with Crippen LogP contribution in [0.1, 0.15) is 75.8 Å². The van der Waals surface area contributed by atoms with Crippen molar-refractivity contribution < 1.29 is 37.1 Å². The Morgan fingerprint density at radius 2 is 1.37 bits per heavy atom. The summed E-state index contributed by atoms with van der Waals surface area (Å²) < 4.78 is 33.9. The molecule has 3 fully saturated rings. The molecule has 63 heavy (non-hydrogen) atoms. The van der Waals surface area contributed by atoms with Gasteiger partial charge in [0, 0.05) is 18.7 Å². The van der Waals surface area contributed by atoms with Gasteiger partial charge >= 0.3 is 12.2 Å². The van der Waals surface area contributed by atoms with Crippen LogP contribution in [0, 0.1) is 11.8 Å². The number of nitrogens with one attached hydrogen (secondary N) is 4. The number of amides is 4. The molecule has 5 atom stereocenters. The second-order valence-corrected chi connectivity index (χ2v) is 19.6. The van der Waals surface area contributed by atoms with Crippen LogP contribution in [-0.2, 0) is 28.9 Å². The molecule has 3 saturated heterocycles. The first-order valence-corrected chi connectivity index (χ1v) is 23.6. The van der Waals surface area contributed by atoms with Gasteiger partial charge in [0.2, 0.25) is 11.8 Å². The van der Waals surface area contributed by atoms with E-state index >= 15 is 0 Å². The van der Waals surface area contributed by atoms with Crippen molar-refractivity contribution in [3.05, 3.63) is 78.2 Å². The van der Waals surface area contributed by atoms with Crippen LogP contribution >= 0.6 is 0 Å². The van der Waals surface area contributed by atoms with Crippen molar-refractivity contribution in [1.82, 2.24) is 35.7 Å². The number of methoxy groups -OCH3 is 2. The van der Waals surface area contributed by atoms with E-state index in [1.165, 1.54) is 14.2 Å². The van der Waals surface area contributed by atoms with Crippen molar-refractivity contribution in [1.29, 1.82) is 0 Å². The number of nitrogens with zero attached hydrogens (tertiary/aromatic N) is 4. The van der Waals surface area contributed by atoms with E-state index < -0.39 is 34.1 Å². The van der Waals surface area contributed by atoms with E-state index in [4.69, 9.17) is 19.5 Å². The summed E-state index contributed by atoms with van der Waals surface area (Å²) in [6.45, 7) is 5.43. The maximum atomic E-state index is 14.0. The summed E-state index contributed by atoms with van der Waals surface area (Å²) in [6, 6.07) is 19.0. The monoisotopic (exact) mass is 880 g/mol. The van der Waals surface area contributed by atoms with Gasteiger partial charge in [0.25, 0.3) is 0 Å². The quantitative estimate of drug-likeness (QED) is 0.148. The Hall–Kier alpha value is -5.97. The number of imidazole rings is 1. The Balaban J connectivity index is 0.904. The fraction of sp³-hybridized carbons (Fsp3) is 0.478. The van der Waals surface area contributed by atoms with Gasteiger partial charge in [-0.2, -0.15) is 0 Å². The Labute approximate surface area is 367 Å². The van der Waals surface area contributed by atoms with Crippen LogP contribution < -0.4 is 16.0 Å². The smallest absolute Gasteiger partial charge is 0.407 e. The highest BCUT2D eigenvalue weighted by molar-refractivity contribution is 7.91. The van der Waals surface area contributed by atoms with Gasteiger partial charge in [-0.05, 0) is 90.0 Å². The number of aromatic amines is 1. The zero-order valence-electron chi connectivity index (χ0n) is 36.1. The average molecular weight is 881 g/mol. The molecule has 4 aliphatic rings. The van der Waals surface area contributed by atoms with E-state index in [0.717, 1.165) is 76.1 Å². The van der Waals surface area contributed by atoms with Crippen LogP contribution in [0.4, 0.5) is 9.59 Å². The van der Waals surface area contributed by atoms with Crippen molar-refractivity contribution in [3.63, 3.8) is 0 Å². The number of likely N-dealkylation sites (tertiary alicyclic amines) is 2. The van der Waals surface area contributed by atoms with Gasteiger partial charge in [-0.25, -0.2) is 23.0 Å². The van der Waals surface area contributed by atoms with Crippen molar-refractivity contribution in [2.75, 3.05) is 45.4 Å². The molecule has 0 saturated carbocycles. The largest absolute Gasteiger partial charge is 0.453 e. The highest BCUT2D eigenvalue weighted by Gasteiger charge is 2.43. The van der Waals surface area contributed by atoms with Gasteiger partial charge in [0.15, 0.2) is 0 Å². The summed E-state index contributed by atoms with van der Waals surface area (Å²) >= 11 is 0. The minimum absolute atomic E-state index is 0.00798. The summed E-state index contributed by atoms with van der Waals surface area (Å²) in [4.78, 5) is 68.6. The number of aliphatic imine (C=N–C) groups is 1. The predicted octanol–water partition coefficient (Wildman–Crippen LogP) is 5.52. The molecule has 17 heteroatoms. The Morgan fingerprint density at radius 3 is 2.03 bits per heavy atom. The molecule has 3 unspecified atom stereocenters. The molecule has 16 nitrogen and oxygen atoms in total. The third-order valence-electron chi connectivity index (χ3n) is 13.0. The molecule has 4 aromatic rings. The Morgan fingerprint density at radius 1 is 0.762 bits per heavy atom. The van der Waals surface area contributed by atoms with E-state index in [-0.39, 0.29) is 53.3 Å². The highest BCUT2D eigenvalue weighted by atomic mass is 32.2. The lowest BCUT2D eigenvalue weighted by molar-refractivity contribution is -0.136. The van der Waals surface area contributed by atoms with Gasteiger partial charge in [0.05, 0.1) is 62.3 Å². The zero-order valence-corrected chi connectivity index (χ0v) is 37.0. The molecule has 4 N–H and O–H groups in total. The SMILES string of the molecule is COC(=O)NC(C(=O)N1CCCC1C1=NCC(c2ccc(-c3ccc4cc(-c5cnc([C@@H]6CCCN6C(=O)[C@@H](NC(=O)OC)C(C)C)[nH]5)ccc4c3)cc2)N1)C1CCS(=O)(=O)CC1. The summed E-state index contributed by atoms with van der Waals surface area (Å²) in [6.07, 6.45) is 4.22. The minimum atomic E-state index is -3.15. The molecule has 0 radical (unpaired) electrons. The number of alkyl carbamates (subject to hydrolysis) is 2. The number of carbonyl (C=O) groups excluding carboxylic acids is 4. The number of ether oxygens (including phenoxy) is 2. The Kier molecular flexibility index (Phi) is 12.8. The molecular weight excluding hydrogens is 825 g/mol. The van der Waals surface area contributed by atoms with E-state index in [1.54, 1.807) is 4.90 Å². The molecule has 0 spiro atoms. The number of aromatic nitrogens is 2. The first-order valence-electron chi connectivity index (χ1n) is 21.8. The standard InChI is InChI=1S/C46H56N8O8S/c1-27(2)39(51-45(57)61-3)43(55)53-19-5-7-37(53)42-48-26-36(50-42)34-16-15-32-23-31(13-14-33(32)24-34)28-9-11-29(12-10-28)35-25-47-41(49-35)38-8-6-20-54(38)44(56)40(52-46(58)62-4)30-17-21-63(59,60)22-18-30/h9-16,23-24,26-27,30,35,37-40H,5-8,17-22,25H2,1-4H3,(H,47,49)(H,48,50)(H,51,57)(H,52,58)/t35?,37-,38?,39-,40?/m0/s1. The summed E-state index contributed by atoms with van der Waals surface area (Å²) in [5.41, 5.74) is 5.08. The van der Waals surface area contributed by atoms with E-state index in [0.29, 0.717) is 32.5 Å². The number of carbonyl (C=O) groups is 4. The summed E-state index contributed by atoms with van der Waals surface area (Å²) in [5.74, 6) is 0.652. The maximum Gasteiger partial charge on any atom is 0.407 e. The molecule has 5 heterocycles. The maximum absolute atomic E-state index is 14.0. The average Bonchev–Trinajstić information content (AvgIpc) is 4.14. The number of amidine groups is 1. The summed E-state index contributed by atoms with van der Waals surface area (Å²) in [7, 11) is -0.615. The molecule has 0 aliphatic carbocycles. The number of H-pyrrole nitrogens is 1. The topological polar surface area (TPSA) is 204 Å². The number of rotatable bonds is 11. The van der Waals surface area contributed by atoms with Gasteiger partial charge in [0.1, 0.15) is 33.6 Å². The van der Waals surface area contributed by atoms with Gasteiger partial charge in [-0.1, -0.05) is 62.4 Å². The molecule has 334 valence electrons. The third kappa shape index (κ3) is 9.38. The van der Waals surface area contributed by atoms with Gasteiger partial charge in [-0.3, -0.25) is 14.6 Å². The van der Waals surface area contributed by atoms with Crippen LogP contribution in [-0.4, -0.2) is 122 Å². The number of sulfone groups is 1. The highest BCUT2D eigenvalue weighted by Crippen LogP contribution is 2.35. The van der Waals surface area contributed by atoms with Crippen LogP contribution in [0.15, 0.2) is 71.9 Å². The van der Waals surface area contributed by atoms with Crippen LogP contribution in [0.5, 0.6) is 0 Å². The number of fused-ring (bicyclic) bond motifs is 1. The van der Waals surface area contributed by atoms with Gasteiger partial charge in [-0.15, -0.1) is 0 Å². The normalized spacial score (nSPS) is 22.0. The predicted molar refractivity (Wildman–Crippen MR) is 238 cm³/mol. The van der Waals surface area contributed by atoms with Crippen LogP contribution in [0.2, 0.25) is 0 Å². The molecule has 8 rings (SSSR count). The van der Waals surface area contributed by atoms with Crippen molar-refractivity contribution >= 4 is 50.4 Å². The van der Waals surface area contributed by atoms with Crippen molar-refractivity contribution in [2.45, 2.75) is 82.6 Å². The first kappa shape index (κ1) is 43.7. The van der Waals surface area contributed by atoms with Crippen molar-refractivity contribution in [3.8, 4) is 22.4 Å². The molecule has 4 amide bonds. The minimum Gasteiger partial charge on any atom is -0.453 e. The molecule has 4 aliphatic heterocycles.